The molecular weight excluding hydrogens is 609 g/mol. The highest BCUT2D eigenvalue weighted by molar-refractivity contribution is 6.09. The first-order chi connectivity index (χ1) is 24.7. The molecule has 0 amide bonds. The van der Waals surface area contributed by atoms with Crippen molar-refractivity contribution in [2.45, 2.75) is 0 Å². The quantitative estimate of drug-likeness (QED) is 0.110. The van der Waals surface area contributed by atoms with Crippen LogP contribution in [0.4, 0.5) is 0 Å². The Morgan fingerprint density at radius 2 is 0.500 bits per heavy atom. The minimum absolute atomic E-state index is 0.645. The summed E-state index contributed by atoms with van der Waals surface area (Å²) in [4.78, 5) is 22.8. The normalized spacial score (nSPS) is 11.2. The highest BCUT2D eigenvalue weighted by Crippen LogP contribution is 2.50. The number of aldehydes is 2. The van der Waals surface area contributed by atoms with E-state index in [0.717, 1.165) is 79.3 Å². The molecule has 0 aliphatic heterocycles. The van der Waals surface area contributed by atoms with Gasteiger partial charge in [0.05, 0.1) is 0 Å². The third-order valence-corrected chi connectivity index (χ3v) is 8.86. The summed E-state index contributed by atoms with van der Waals surface area (Å²) in [6.45, 7) is 0. The third-order valence-electron chi connectivity index (χ3n) is 8.86. The van der Waals surface area contributed by atoms with Gasteiger partial charge in [-0.25, -0.2) is 0 Å². The van der Waals surface area contributed by atoms with Crippen molar-refractivity contribution in [3.63, 3.8) is 0 Å². The van der Waals surface area contributed by atoms with E-state index < -0.39 is 0 Å². The summed E-state index contributed by atoms with van der Waals surface area (Å²) in [6.07, 6.45) is 10.5. The van der Waals surface area contributed by atoms with Gasteiger partial charge >= 0.3 is 0 Å². The summed E-state index contributed by atoms with van der Waals surface area (Å²) in [5.41, 5.74) is 14.3. The van der Waals surface area contributed by atoms with E-state index in [2.05, 4.69) is 146 Å². The predicted octanol–water partition coefficient (Wildman–Crippen LogP) is 12.3. The van der Waals surface area contributed by atoms with Gasteiger partial charge in [0.15, 0.2) is 0 Å². The van der Waals surface area contributed by atoms with Gasteiger partial charge in [-0.2, -0.15) is 0 Å². The van der Waals surface area contributed by atoms with Crippen LogP contribution in [0.5, 0.6) is 0 Å². The Labute approximate surface area is 293 Å². The highest BCUT2D eigenvalue weighted by atomic mass is 16.1. The Hall–Kier alpha value is -6.64. The standard InChI is InChI=1S/C48H34O2/c49-33-37-25-21-35(22-26-37)29-31-43-45(39-13-5-1-6-14-39)46(40-15-7-2-8-16-40)44(32-30-36-23-27-38(34-50)28-24-36)48(42-19-11-4-12-20-42)47(43)41-17-9-3-10-18-41/h1-34H/b31-29+,32-30+. The van der Waals surface area contributed by atoms with Gasteiger partial charge in [-0.05, 0) is 66.8 Å². The fourth-order valence-electron chi connectivity index (χ4n) is 6.47. The molecule has 0 saturated heterocycles. The SMILES string of the molecule is O=Cc1ccc(/C=C/c2c(-c3ccccc3)c(-c3ccccc3)c(/C=C/c3ccc(C=O)cc3)c(-c3ccccc3)c2-c2ccccc2)cc1. The number of carbonyl (C=O) groups is 2. The van der Waals surface area contributed by atoms with Crippen LogP contribution in [0, 0.1) is 0 Å². The lowest BCUT2D eigenvalue weighted by atomic mass is 9.77. The zero-order chi connectivity index (χ0) is 34.1. The maximum atomic E-state index is 11.4. The van der Waals surface area contributed by atoms with Crippen molar-refractivity contribution < 1.29 is 9.59 Å². The first-order valence-corrected chi connectivity index (χ1v) is 16.7. The average molecular weight is 643 g/mol. The van der Waals surface area contributed by atoms with Gasteiger partial charge in [-0.1, -0.05) is 194 Å². The van der Waals surface area contributed by atoms with E-state index in [1.54, 1.807) is 0 Å². The molecular formula is C48H34O2. The van der Waals surface area contributed by atoms with Crippen molar-refractivity contribution in [3.05, 3.63) is 203 Å². The van der Waals surface area contributed by atoms with Gasteiger partial charge in [0, 0.05) is 11.1 Å². The van der Waals surface area contributed by atoms with Crippen LogP contribution in [0.2, 0.25) is 0 Å². The largest absolute Gasteiger partial charge is 0.298 e. The molecule has 0 bridgehead atoms. The maximum absolute atomic E-state index is 11.4. The first-order valence-electron chi connectivity index (χ1n) is 16.7. The molecule has 7 aromatic rings. The summed E-state index contributed by atoms with van der Waals surface area (Å²) in [7, 11) is 0. The van der Waals surface area contributed by atoms with E-state index in [9.17, 15) is 9.59 Å². The van der Waals surface area contributed by atoms with Crippen molar-refractivity contribution in [2.24, 2.45) is 0 Å². The lowest BCUT2D eigenvalue weighted by molar-refractivity contribution is 0.111. The molecule has 0 N–H and O–H groups in total. The maximum Gasteiger partial charge on any atom is 0.150 e. The van der Waals surface area contributed by atoms with E-state index in [0.29, 0.717) is 11.1 Å². The third kappa shape index (κ3) is 6.82. The Morgan fingerprint density at radius 3 is 0.740 bits per heavy atom. The molecule has 0 atom stereocenters. The molecule has 0 aromatic heterocycles. The molecule has 7 rings (SSSR count). The number of hydrogen-bond donors (Lipinski definition) is 0. The topological polar surface area (TPSA) is 34.1 Å². The van der Waals surface area contributed by atoms with E-state index in [1.807, 2.05) is 48.5 Å². The second-order valence-electron chi connectivity index (χ2n) is 12.0. The van der Waals surface area contributed by atoms with Gasteiger partial charge in [-0.3, -0.25) is 9.59 Å². The van der Waals surface area contributed by atoms with Crippen molar-refractivity contribution in [1.29, 1.82) is 0 Å². The summed E-state index contributed by atoms with van der Waals surface area (Å²) >= 11 is 0. The molecule has 0 heterocycles. The van der Waals surface area contributed by atoms with Crippen molar-refractivity contribution in [3.8, 4) is 44.5 Å². The van der Waals surface area contributed by atoms with Gasteiger partial charge in [0.25, 0.3) is 0 Å². The zero-order valence-corrected chi connectivity index (χ0v) is 27.4. The molecule has 2 nitrogen and oxygen atoms in total. The summed E-state index contributed by atoms with van der Waals surface area (Å²) < 4.78 is 0. The molecule has 0 fully saturated rings. The Bertz CT molecular complexity index is 2010. The van der Waals surface area contributed by atoms with Gasteiger partial charge in [0.2, 0.25) is 0 Å². The second-order valence-corrected chi connectivity index (χ2v) is 12.0. The van der Waals surface area contributed by atoms with Gasteiger partial charge in [0.1, 0.15) is 12.6 Å². The minimum atomic E-state index is 0.645. The van der Waals surface area contributed by atoms with Crippen molar-refractivity contribution in [1.82, 2.24) is 0 Å². The molecule has 0 saturated carbocycles. The molecule has 0 radical (unpaired) electrons. The smallest absolute Gasteiger partial charge is 0.150 e. The highest BCUT2D eigenvalue weighted by Gasteiger charge is 2.25. The van der Waals surface area contributed by atoms with Crippen LogP contribution in [0.3, 0.4) is 0 Å². The molecule has 0 aliphatic rings. The number of rotatable bonds is 10. The first kappa shape index (κ1) is 31.9. The summed E-state index contributed by atoms with van der Waals surface area (Å²) in [5, 5.41) is 0. The second kappa shape index (κ2) is 15.1. The molecule has 238 valence electrons. The molecule has 0 spiro atoms. The van der Waals surface area contributed by atoms with E-state index in [4.69, 9.17) is 0 Å². The Kier molecular flexibility index (Phi) is 9.62. The Balaban J connectivity index is 1.66. The molecule has 0 unspecified atom stereocenters. The van der Waals surface area contributed by atoms with Gasteiger partial charge in [-0.15, -0.1) is 0 Å². The fraction of sp³-hybridized carbons (Fsp3) is 0. The van der Waals surface area contributed by atoms with Crippen molar-refractivity contribution >= 4 is 36.9 Å². The van der Waals surface area contributed by atoms with Crippen LogP contribution in [-0.2, 0) is 0 Å². The average Bonchev–Trinajstić information content (AvgIpc) is 3.20. The van der Waals surface area contributed by atoms with Crippen molar-refractivity contribution in [2.75, 3.05) is 0 Å². The van der Waals surface area contributed by atoms with Gasteiger partial charge < -0.3 is 0 Å². The van der Waals surface area contributed by atoms with Crippen LogP contribution in [0.15, 0.2) is 170 Å². The van der Waals surface area contributed by atoms with Crippen LogP contribution < -0.4 is 0 Å². The number of benzene rings is 7. The molecule has 0 aliphatic carbocycles. The summed E-state index contributed by atoms with van der Waals surface area (Å²) in [5.74, 6) is 0. The van der Waals surface area contributed by atoms with E-state index >= 15 is 0 Å². The lowest BCUT2D eigenvalue weighted by Gasteiger charge is -2.26. The zero-order valence-electron chi connectivity index (χ0n) is 27.4. The van der Waals surface area contributed by atoms with Crippen LogP contribution >= 0.6 is 0 Å². The monoisotopic (exact) mass is 642 g/mol. The number of carbonyl (C=O) groups excluding carboxylic acids is 2. The van der Waals surface area contributed by atoms with Crippen LogP contribution in [0.1, 0.15) is 43.0 Å². The molecule has 50 heavy (non-hydrogen) atoms. The predicted molar refractivity (Wildman–Crippen MR) is 210 cm³/mol. The molecule has 2 heteroatoms. The minimum Gasteiger partial charge on any atom is -0.298 e. The molecule has 7 aromatic carbocycles. The van der Waals surface area contributed by atoms with Crippen LogP contribution in [0.25, 0.3) is 68.8 Å². The van der Waals surface area contributed by atoms with E-state index in [1.165, 1.54) is 0 Å². The lowest BCUT2D eigenvalue weighted by Crippen LogP contribution is -2.01. The van der Waals surface area contributed by atoms with E-state index in [-0.39, 0.29) is 0 Å². The van der Waals surface area contributed by atoms with Crippen LogP contribution in [-0.4, -0.2) is 12.6 Å². The fourth-order valence-corrected chi connectivity index (χ4v) is 6.47. The summed E-state index contributed by atoms with van der Waals surface area (Å²) in [6, 6.07) is 57.7. The Morgan fingerprint density at radius 1 is 0.260 bits per heavy atom. The number of hydrogen-bond acceptors (Lipinski definition) is 2.